The van der Waals surface area contributed by atoms with E-state index in [9.17, 15) is 10.1 Å². The third-order valence-corrected chi connectivity index (χ3v) is 6.56. The van der Waals surface area contributed by atoms with Gasteiger partial charge in [0.1, 0.15) is 23.7 Å². The maximum atomic E-state index is 10.8. The molecule has 1 aromatic heterocycles. The Morgan fingerprint density at radius 3 is 2.43 bits per heavy atom. The molecule has 0 saturated carbocycles. The van der Waals surface area contributed by atoms with Gasteiger partial charge in [-0.15, -0.1) is 0 Å². The Bertz CT molecular complexity index is 1290. The molecule has 3 aromatic carbocycles. The summed E-state index contributed by atoms with van der Waals surface area (Å²) >= 11 is 0. The number of nitro groups is 1. The second-order valence-corrected chi connectivity index (χ2v) is 8.74. The van der Waals surface area contributed by atoms with Gasteiger partial charge in [0.2, 0.25) is 0 Å². The summed E-state index contributed by atoms with van der Waals surface area (Å²) in [5, 5.41) is 10.8. The average Bonchev–Trinajstić information content (AvgIpc) is 3.34. The molecule has 0 spiro atoms. The fraction of sp³-hybridized carbons (Fsp3) is 0.296. The van der Waals surface area contributed by atoms with Crippen molar-refractivity contribution in [2.24, 2.45) is 0 Å². The number of non-ortho nitro benzene ring substituents is 1. The molecule has 4 aromatic rings. The number of aromatic amines is 1. The van der Waals surface area contributed by atoms with Crippen molar-refractivity contribution in [2.75, 3.05) is 44.2 Å². The lowest BCUT2D eigenvalue weighted by atomic mass is 10.1. The Hall–Kier alpha value is -3.91. The Balaban J connectivity index is 1.18. The van der Waals surface area contributed by atoms with Crippen molar-refractivity contribution in [1.82, 2.24) is 14.9 Å². The number of ether oxygens (including phenoxy) is 1. The fourth-order valence-corrected chi connectivity index (χ4v) is 4.48. The SMILES string of the molecule is CCc1ccc(-c2nc3c(N4CCN(CCOc5ccc([N+](=O)[O-])cc5)CC4)cccc3[nH]2)cc1. The molecule has 1 N–H and O–H groups in total. The van der Waals surface area contributed by atoms with Crippen LogP contribution in [0.3, 0.4) is 0 Å². The number of nitrogens with one attached hydrogen (secondary N) is 1. The van der Waals surface area contributed by atoms with Gasteiger partial charge in [-0.25, -0.2) is 4.98 Å². The number of nitrogens with zero attached hydrogens (tertiary/aromatic N) is 4. The van der Waals surface area contributed by atoms with Gasteiger partial charge in [0.05, 0.1) is 16.1 Å². The lowest BCUT2D eigenvalue weighted by Gasteiger charge is -2.36. The summed E-state index contributed by atoms with van der Waals surface area (Å²) in [7, 11) is 0. The smallest absolute Gasteiger partial charge is 0.269 e. The molecule has 0 atom stereocenters. The number of nitro benzene ring substituents is 1. The van der Waals surface area contributed by atoms with Crippen molar-refractivity contribution in [3.63, 3.8) is 0 Å². The summed E-state index contributed by atoms with van der Waals surface area (Å²) in [6, 6.07) is 21.1. The molecule has 0 amide bonds. The molecule has 1 fully saturated rings. The van der Waals surface area contributed by atoms with Crippen molar-refractivity contribution in [1.29, 1.82) is 0 Å². The number of aryl methyl sites for hydroxylation is 1. The number of anilines is 1. The predicted octanol–water partition coefficient (Wildman–Crippen LogP) is 4.90. The Labute approximate surface area is 204 Å². The number of rotatable bonds is 8. The van der Waals surface area contributed by atoms with E-state index >= 15 is 0 Å². The van der Waals surface area contributed by atoms with Crippen LogP contribution in [-0.4, -0.2) is 59.1 Å². The van der Waals surface area contributed by atoms with Gasteiger partial charge in [-0.05, 0) is 36.2 Å². The lowest BCUT2D eigenvalue weighted by molar-refractivity contribution is -0.384. The summed E-state index contributed by atoms with van der Waals surface area (Å²) in [5.74, 6) is 1.55. The zero-order valence-corrected chi connectivity index (χ0v) is 19.8. The topological polar surface area (TPSA) is 87.5 Å². The monoisotopic (exact) mass is 471 g/mol. The summed E-state index contributed by atoms with van der Waals surface area (Å²) in [4.78, 5) is 23.6. The molecule has 0 unspecified atom stereocenters. The molecule has 0 bridgehead atoms. The van der Waals surface area contributed by atoms with Gasteiger partial charge < -0.3 is 14.6 Å². The third-order valence-electron chi connectivity index (χ3n) is 6.56. The minimum atomic E-state index is -0.406. The van der Waals surface area contributed by atoms with Crippen molar-refractivity contribution < 1.29 is 9.66 Å². The van der Waals surface area contributed by atoms with Crippen LogP contribution in [0.4, 0.5) is 11.4 Å². The number of H-pyrrole nitrogens is 1. The normalized spacial score (nSPS) is 14.4. The van der Waals surface area contributed by atoms with Crippen LogP contribution in [0, 0.1) is 10.1 Å². The van der Waals surface area contributed by atoms with Crippen LogP contribution in [0.5, 0.6) is 5.75 Å². The molecule has 1 aliphatic rings. The number of para-hydroxylation sites is 1. The molecule has 5 rings (SSSR count). The second-order valence-electron chi connectivity index (χ2n) is 8.74. The first kappa shape index (κ1) is 22.9. The largest absolute Gasteiger partial charge is 0.492 e. The van der Waals surface area contributed by atoms with Crippen molar-refractivity contribution in [3.05, 3.63) is 82.4 Å². The van der Waals surface area contributed by atoms with Crippen LogP contribution >= 0.6 is 0 Å². The summed E-state index contributed by atoms with van der Waals surface area (Å²) in [6.45, 7) is 7.25. The standard InChI is InChI=1S/C27H29N5O3/c1-2-20-6-8-21(9-7-20)27-28-24-4-3-5-25(26(24)29-27)31-16-14-30(15-17-31)18-19-35-23-12-10-22(11-13-23)32(33)34/h3-13H,2,14-19H2,1H3,(H,28,29). The van der Waals surface area contributed by atoms with E-state index in [0.29, 0.717) is 12.4 Å². The molecule has 35 heavy (non-hydrogen) atoms. The van der Waals surface area contributed by atoms with Crippen LogP contribution in [0.15, 0.2) is 66.7 Å². The lowest BCUT2D eigenvalue weighted by Crippen LogP contribution is -2.47. The maximum absolute atomic E-state index is 10.8. The molecular weight excluding hydrogens is 442 g/mol. The highest BCUT2D eigenvalue weighted by Gasteiger charge is 2.20. The third kappa shape index (κ3) is 5.12. The van der Waals surface area contributed by atoms with Gasteiger partial charge >= 0.3 is 0 Å². The molecule has 1 saturated heterocycles. The van der Waals surface area contributed by atoms with Crippen molar-refractivity contribution in [3.8, 4) is 17.1 Å². The zero-order chi connectivity index (χ0) is 24.2. The molecule has 180 valence electrons. The molecule has 1 aliphatic heterocycles. The minimum absolute atomic E-state index is 0.0712. The minimum Gasteiger partial charge on any atom is -0.492 e. The first-order chi connectivity index (χ1) is 17.1. The number of imidazole rings is 1. The first-order valence-electron chi connectivity index (χ1n) is 12.0. The Morgan fingerprint density at radius 2 is 1.74 bits per heavy atom. The molecule has 0 aliphatic carbocycles. The van der Waals surface area contributed by atoms with Gasteiger partial charge in [-0.3, -0.25) is 15.0 Å². The average molecular weight is 472 g/mol. The molecule has 8 nitrogen and oxygen atoms in total. The Kier molecular flexibility index (Phi) is 6.63. The van der Waals surface area contributed by atoms with Gasteiger partial charge in [-0.1, -0.05) is 37.3 Å². The summed E-state index contributed by atoms with van der Waals surface area (Å²) < 4.78 is 5.78. The molecule has 2 heterocycles. The van der Waals surface area contributed by atoms with E-state index in [2.05, 4.69) is 64.2 Å². The van der Waals surface area contributed by atoms with E-state index in [0.717, 1.165) is 67.3 Å². The number of piperazine rings is 1. The van der Waals surface area contributed by atoms with Crippen LogP contribution < -0.4 is 9.64 Å². The number of hydrogen-bond donors (Lipinski definition) is 1. The van der Waals surface area contributed by atoms with Crippen LogP contribution in [0.2, 0.25) is 0 Å². The fourth-order valence-electron chi connectivity index (χ4n) is 4.48. The molecule has 0 radical (unpaired) electrons. The van der Waals surface area contributed by atoms with Crippen LogP contribution in [0.25, 0.3) is 22.4 Å². The van der Waals surface area contributed by atoms with E-state index in [1.807, 2.05) is 0 Å². The number of benzene rings is 3. The summed E-state index contributed by atoms with van der Waals surface area (Å²) in [6.07, 6.45) is 1.03. The quantitative estimate of drug-likeness (QED) is 0.290. The zero-order valence-electron chi connectivity index (χ0n) is 19.8. The highest BCUT2D eigenvalue weighted by Crippen LogP contribution is 2.29. The van der Waals surface area contributed by atoms with E-state index in [-0.39, 0.29) is 5.69 Å². The highest BCUT2D eigenvalue weighted by molar-refractivity contribution is 5.91. The van der Waals surface area contributed by atoms with E-state index in [4.69, 9.17) is 9.72 Å². The van der Waals surface area contributed by atoms with E-state index in [1.165, 1.54) is 17.7 Å². The van der Waals surface area contributed by atoms with Crippen LogP contribution in [-0.2, 0) is 6.42 Å². The van der Waals surface area contributed by atoms with Gasteiger partial charge in [0, 0.05) is 50.4 Å². The van der Waals surface area contributed by atoms with Gasteiger partial charge in [0.15, 0.2) is 0 Å². The highest BCUT2D eigenvalue weighted by atomic mass is 16.6. The van der Waals surface area contributed by atoms with E-state index < -0.39 is 4.92 Å². The number of hydrogen-bond acceptors (Lipinski definition) is 6. The van der Waals surface area contributed by atoms with E-state index in [1.54, 1.807) is 12.1 Å². The van der Waals surface area contributed by atoms with Gasteiger partial charge in [0.25, 0.3) is 5.69 Å². The second kappa shape index (κ2) is 10.1. The molecular formula is C27H29N5O3. The molecule has 8 heteroatoms. The Morgan fingerprint density at radius 1 is 1.00 bits per heavy atom. The van der Waals surface area contributed by atoms with Crippen LogP contribution in [0.1, 0.15) is 12.5 Å². The van der Waals surface area contributed by atoms with Crippen molar-refractivity contribution in [2.45, 2.75) is 13.3 Å². The number of fused-ring (bicyclic) bond motifs is 1. The summed E-state index contributed by atoms with van der Waals surface area (Å²) in [5.41, 5.74) is 5.72. The predicted molar refractivity (Wildman–Crippen MR) is 138 cm³/mol. The van der Waals surface area contributed by atoms with Gasteiger partial charge in [-0.2, -0.15) is 0 Å². The maximum Gasteiger partial charge on any atom is 0.269 e. The number of aromatic nitrogens is 2. The van der Waals surface area contributed by atoms with Crippen molar-refractivity contribution >= 4 is 22.4 Å². The first-order valence-corrected chi connectivity index (χ1v) is 12.0.